The zero-order valence-electron chi connectivity index (χ0n) is 8.56. The zero-order chi connectivity index (χ0) is 11.3. The maximum absolute atomic E-state index is 11.9. The minimum absolute atomic E-state index is 0.1000. The summed E-state index contributed by atoms with van der Waals surface area (Å²) >= 11 is 0. The largest absolute Gasteiger partial charge is 0.390 e. The predicted molar refractivity (Wildman–Crippen MR) is 50.1 cm³/mol. The molecule has 0 bridgehead atoms. The van der Waals surface area contributed by atoms with Gasteiger partial charge in [0.15, 0.2) is 0 Å². The Morgan fingerprint density at radius 2 is 1.87 bits per heavy atom. The van der Waals surface area contributed by atoms with Crippen LogP contribution >= 0.6 is 0 Å². The van der Waals surface area contributed by atoms with E-state index in [-0.39, 0.29) is 6.54 Å². The van der Waals surface area contributed by atoms with Gasteiger partial charge in [0.2, 0.25) is 0 Å². The lowest BCUT2D eigenvalue weighted by atomic mass is 9.94. The van der Waals surface area contributed by atoms with E-state index in [4.69, 9.17) is 5.26 Å². The molecular formula is C10H15F3N2. The van der Waals surface area contributed by atoms with Crippen molar-refractivity contribution in [2.75, 3.05) is 19.6 Å². The Bertz CT molecular complexity index is 224. The zero-order valence-corrected chi connectivity index (χ0v) is 8.56. The van der Waals surface area contributed by atoms with Crippen LogP contribution in [0.4, 0.5) is 13.2 Å². The highest BCUT2D eigenvalue weighted by molar-refractivity contribution is 4.80. The Morgan fingerprint density at radius 3 is 2.33 bits per heavy atom. The van der Waals surface area contributed by atoms with Gasteiger partial charge in [-0.05, 0) is 31.8 Å². The number of nitriles is 1. The molecule has 0 radical (unpaired) electrons. The molecule has 1 aliphatic rings. The van der Waals surface area contributed by atoms with Crippen LogP contribution < -0.4 is 0 Å². The molecule has 0 atom stereocenters. The van der Waals surface area contributed by atoms with E-state index in [2.05, 4.69) is 6.07 Å². The molecule has 1 heterocycles. The van der Waals surface area contributed by atoms with E-state index in [1.807, 2.05) is 4.90 Å². The van der Waals surface area contributed by atoms with Gasteiger partial charge in [-0.3, -0.25) is 0 Å². The van der Waals surface area contributed by atoms with Crippen molar-refractivity contribution in [1.29, 1.82) is 5.26 Å². The predicted octanol–water partition coefficient (Wildman–Crippen LogP) is 2.56. The van der Waals surface area contributed by atoms with Crippen LogP contribution in [-0.2, 0) is 0 Å². The average Bonchev–Trinajstić information content (AvgIpc) is 2.16. The lowest BCUT2D eigenvalue weighted by molar-refractivity contribution is -0.138. The third-order valence-electron chi connectivity index (χ3n) is 2.80. The molecule has 2 nitrogen and oxygen atoms in total. The van der Waals surface area contributed by atoms with Crippen LogP contribution in [0.2, 0.25) is 0 Å². The van der Waals surface area contributed by atoms with Crippen molar-refractivity contribution in [3.05, 3.63) is 0 Å². The smallest absolute Gasteiger partial charge is 0.303 e. The van der Waals surface area contributed by atoms with Gasteiger partial charge in [0.25, 0.3) is 0 Å². The van der Waals surface area contributed by atoms with Crippen molar-refractivity contribution in [2.24, 2.45) is 5.92 Å². The highest BCUT2D eigenvalue weighted by Gasteiger charge is 2.28. The average molecular weight is 220 g/mol. The van der Waals surface area contributed by atoms with E-state index in [1.54, 1.807) is 0 Å². The Balaban J connectivity index is 2.18. The van der Waals surface area contributed by atoms with Crippen LogP contribution in [0.25, 0.3) is 0 Å². The molecule has 1 aliphatic heterocycles. The number of nitrogens with zero attached hydrogens (tertiary/aromatic N) is 2. The molecule has 5 heteroatoms. The number of hydrogen-bond acceptors (Lipinski definition) is 2. The number of hydrogen-bond donors (Lipinski definition) is 0. The van der Waals surface area contributed by atoms with Crippen molar-refractivity contribution >= 4 is 0 Å². The van der Waals surface area contributed by atoms with Crippen LogP contribution in [0.1, 0.15) is 25.7 Å². The summed E-state index contributed by atoms with van der Waals surface area (Å²) in [6.45, 7) is 1.49. The van der Waals surface area contributed by atoms with E-state index in [0.29, 0.717) is 25.4 Å². The summed E-state index contributed by atoms with van der Waals surface area (Å²) in [7, 11) is 0. The molecule has 1 fully saturated rings. The number of halogens is 3. The summed E-state index contributed by atoms with van der Waals surface area (Å²) < 4.78 is 35.8. The molecule has 0 aromatic carbocycles. The molecule has 0 aliphatic carbocycles. The summed E-state index contributed by atoms with van der Waals surface area (Å²) in [5.74, 6) is 0.386. The summed E-state index contributed by atoms with van der Waals surface area (Å²) in [5, 5.41) is 8.48. The lowest BCUT2D eigenvalue weighted by Gasteiger charge is -2.31. The van der Waals surface area contributed by atoms with Gasteiger partial charge in [0.05, 0.1) is 12.5 Å². The summed E-state index contributed by atoms with van der Waals surface area (Å²) in [6.07, 6.45) is -2.54. The number of likely N-dealkylation sites (tertiary alicyclic amines) is 1. The van der Waals surface area contributed by atoms with Crippen LogP contribution in [0, 0.1) is 17.2 Å². The lowest BCUT2D eigenvalue weighted by Crippen LogP contribution is -2.35. The minimum Gasteiger partial charge on any atom is -0.303 e. The van der Waals surface area contributed by atoms with Gasteiger partial charge in [-0.1, -0.05) is 0 Å². The van der Waals surface area contributed by atoms with Crippen LogP contribution in [-0.4, -0.2) is 30.7 Å². The maximum Gasteiger partial charge on any atom is 0.390 e. The first kappa shape index (κ1) is 12.3. The van der Waals surface area contributed by atoms with Gasteiger partial charge < -0.3 is 4.90 Å². The van der Waals surface area contributed by atoms with Crippen LogP contribution in [0.15, 0.2) is 0 Å². The highest BCUT2D eigenvalue weighted by Crippen LogP contribution is 2.23. The molecule has 86 valence electrons. The third-order valence-corrected chi connectivity index (χ3v) is 2.80. The molecule has 0 amide bonds. The standard InChI is InChI=1S/C10H15F3N2/c11-10(12,13)4-8-15-6-2-9(1-5-14)3-7-15/h9H,1-4,6-8H2. The van der Waals surface area contributed by atoms with Gasteiger partial charge >= 0.3 is 6.18 Å². The van der Waals surface area contributed by atoms with E-state index >= 15 is 0 Å². The van der Waals surface area contributed by atoms with E-state index in [1.165, 1.54) is 0 Å². The van der Waals surface area contributed by atoms with Gasteiger partial charge in [0.1, 0.15) is 0 Å². The maximum atomic E-state index is 11.9. The molecule has 1 rings (SSSR count). The first-order valence-corrected chi connectivity index (χ1v) is 5.17. The molecule has 0 aromatic rings. The summed E-state index contributed by atoms with van der Waals surface area (Å²) in [4.78, 5) is 1.83. The fourth-order valence-electron chi connectivity index (χ4n) is 1.83. The van der Waals surface area contributed by atoms with Crippen molar-refractivity contribution in [3.8, 4) is 6.07 Å². The Hall–Kier alpha value is -0.760. The highest BCUT2D eigenvalue weighted by atomic mass is 19.4. The third kappa shape index (κ3) is 5.03. The van der Waals surface area contributed by atoms with Crippen molar-refractivity contribution in [1.82, 2.24) is 4.90 Å². The quantitative estimate of drug-likeness (QED) is 0.730. The minimum atomic E-state index is -4.05. The Labute approximate surface area is 87.7 Å². The second-order valence-corrected chi connectivity index (χ2v) is 4.01. The molecule has 0 N–H and O–H groups in total. The van der Waals surface area contributed by atoms with Gasteiger partial charge in [-0.25, -0.2) is 0 Å². The van der Waals surface area contributed by atoms with Crippen LogP contribution in [0.3, 0.4) is 0 Å². The topological polar surface area (TPSA) is 27.0 Å². The van der Waals surface area contributed by atoms with E-state index < -0.39 is 12.6 Å². The SMILES string of the molecule is N#CCC1CCN(CCC(F)(F)F)CC1. The molecule has 0 saturated carbocycles. The summed E-state index contributed by atoms with van der Waals surface area (Å²) in [5.41, 5.74) is 0. The molecular weight excluding hydrogens is 205 g/mol. The number of piperidine rings is 1. The normalized spacial score (nSPS) is 20.1. The van der Waals surface area contributed by atoms with Crippen molar-refractivity contribution in [2.45, 2.75) is 31.9 Å². The van der Waals surface area contributed by atoms with Gasteiger partial charge in [0, 0.05) is 13.0 Å². The molecule has 1 saturated heterocycles. The van der Waals surface area contributed by atoms with Gasteiger partial charge in [-0.2, -0.15) is 18.4 Å². The van der Waals surface area contributed by atoms with Crippen LogP contribution in [0.5, 0.6) is 0 Å². The fourth-order valence-corrected chi connectivity index (χ4v) is 1.83. The van der Waals surface area contributed by atoms with Gasteiger partial charge in [-0.15, -0.1) is 0 Å². The van der Waals surface area contributed by atoms with E-state index in [0.717, 1.165) is 12.8 Å². The fraction of sp³-hybridized carbons (Fsp3) is 0.900. The van der Waals surface area contributed by atoms with Crippen molar-refractivity contribution in [3.63, 3.8) is 0 Å². The second kappa shape index (κ2) is 5.36. The molecule has 0 aromatic heterocycles. The summed E-state index contributed by atoms with van der Waals surface area (Å²) in [6, 6.07) is 2.11. The molecule has 0 unspecified atom stereocenters. The number of rotatable bonds is 3. The first-order valence-electron chi connectivity index (χ1n) is 5.17. The first-order chi connectivity index (χ1) is 7.01. The Kier molecular flexibility index (Phi) is 4.40. The van der Waals surface area contributed by atoms with Crippen molar-refractivity contribution < 1.29 is 13.2 Å². The molecule has 0 spiro atoms. The Morgan fingerprint density at radius 1 is 1.27 bits per heavy atom. The monoisotopic (exact) mass is 220 g/mol. The van der Waals surface area contributed by atoms with E-state index in [9.17, 15) is 13.2 Å². The molecule has 15 heavy (non-hydrogen) atoms. The second-order valence-electron chi connectivity index (χ2n) is 4.01. The number of alkyl halides is 3.